The summed E-state index contributed by atoms with van der Waals surface area (Å²) in [4.78, 5) is 18.4. The third kappa shape index (κ3) is 6.05. The molecule has 1 aromatic carbocycles. The molecule has 9 heteroatoms. The van der Waals surface area contributed by atoms with Crippen LogP contribution in [0.4, 0.5) is 4.79 Å². The Morgan fingerprint density at radius 1 is 1.32 bits per heavy atom. The quantitative estimate of drug-likeness (QED) is 0.374. The maximum absolute atomic E-state index is 11.9. The smallest absolute Gasteiger partial charge is 0.407 e. The fourth-order valence-corrected chi connectivity index (χ4v) is 3.11. The summed E-state index contributed by atoms with van der Waals surface area (Å²) in [7, 11) is 1.76. The summed E-state index contributed by atoms with van der Waals surface area (Å²) < 4.78 is 16.1. The highest BCUT2D eigenvalue weighted by molar-refractivity contribution is 14.0. The van der Waals surface area contributed by atoms with Crippen LogP contribution in [0, 0.1) is 0 Å². The van der Waals surface area contributed by atoms with Gasteiger partial charge in [0.15, 0.2) is 17.5 Å². The molecule has 2 N–H and O–H groups in total. The van der Waals surface area contributed by atoms with Crippen LogP contribution in [0.15, 0.2) is 23.2 Å². The molecule has 156 valence electrons. The molecule has 2 heterocycles. The van der Waals surface area contributed by atoms with Gasteiger partial charge in [-0.3, -0.25) is 4.99 Å². The molecule has 1 aromatic rings. The largest absolute Gasteiger partial charge is 0.454 e. The van der Waals surface area contributed by atoms with E-state index in [2.05, 4.69) is 20.5 Å². The van der Waals surface area contributed by atoms with Crippen molar-refractivity contribution in [2.75, 3.05) is 26.9 Å². The van der Waals surface area contributed by atoms with Gasteiger partial charge in [-0.25, -0.2) is 4.79 Å². The van der Waals surface area contributed by atoms with Crippen LogP contribution >= 0.6 is 24.0 Å². The number of hydrogen-bond donors (Lipinski definition) is 2. The minimum absolute atomic E-state index is 0. The average Bonchev–Trinajstić information content (AvgIpc) is 3.22. The summed E-state index contributed by atoms with van der Waals surface area (Å²) in [5.74, 6) is 2.35. The van der Waals surface area contributed by atoms with E-state index in [0.29, 0.717) is 13.1 Å². The van der Waals surface area contributed by atoms with Crippen molar-refractivity contribution < 1.29 is 19.0 Å². The second kappa shape index (κ2) is 9.53. The molecule has 0 bridgehead atoms. The predicted octanol–water partition coefficient (Wildman–Crippen LogP) is 2.71. The Balaban J connectivity index is 0.00000280. The zero-order valence-corrected chi connectivity index (χ0v) is 19.1. The van der Waals surface area contributed by atoms with Crippen molar-refractivity contribution in [2.24, 2.45) is 4.99 Å². The lowest BCUT2D eigenvalue weighted by Gasteiger charge is -2.23. The van der Waals surface area contributed by atoms with Crippen molar-refractivity contribution >= 4 is 36.0 Å². The van der Waals surface area contributed by atoms with E-state index in [-0.39, 0.29) is 42.9 Å². The highest BCUT2D eigenvalue weighted by Gasteiger charge is 2.27. The van der Waals surface area contributed by atoms with Gasteiger partial charge in [-0.1, -0.05) is 6.07 Å². The molecule has 2 aliphatic rings. The van der Waals surface area contributed by atoms with E-state index >= 15 is 0 Å². The van der Waals surface area contributed by atoms with Crippen LogP contribution in [0.3, 0.4) is 0 Å². The molecule has 2 aliphatic heterocycles. The third-order valence-corrected chi connectivity index (χ3v) is 4.31. The SMILES string of the molecule is CN=C(NCc1ccc2c(c1)OCO2)N1CCC(NC(=O)OC(C)(C)C)C1.I. The average molecular weight is 504 g/mol. The Hall–Kier alpha value is -1.91. The number of likely N-dealkylation sites (tertiary alicyclic amines) is 1. The van der Waals surface area contributed by atoms with Crippen molar-refractivity contribution in [3.05, 3.63) is 23.8 Å². The van der Waals surface area contributed by atoms with Gasteiger partial charge in [-0.05, 0) is 44.9 Å². The van der Waals surface area contributed by atoms with Crippen LogP contribution in [0.25, 0.3) is 0 Å². The molecule has 1 saturated heterocycles. The standard InChI is InChI=1S/C19H28N4O4.HI/c1-19(2,3)27-18(24)22-14-7-8-23(11-14)17(20-4)21-10-13-5-6-15-16(9-13)26-12-25-15;/h5-6,9,14H,7-8,10-12H2,1-4H3,(H,20,21)(H,22,24);1H. The van der Waals surface area contributed by atoms with Crippen molar-refractivity contribution in [1.82, 2.24) is 15.5 Å². The Bertz CT molecular complexity index is 720. The Morgan fingerprint density at radius 2 is 2.07 bits per heavy atom. The van der Waals surface area contributed by atoms with E-state index in [0.717, 1.165) is 36.0 Å². The van der Waals surface area contributed by atoms with Crippen molar-refractivity contribution in [2.45, 2.75) is 45.4 Å². The molecule has 1 amide bonds. The zero-order chi connectivity index (χ0) is 19.4. The lowest BCUT2D eigenvalue weighted by molar-refractivity contribution is 0.0507. The minimum atomic E-state index is -0.495. The Labute approximate surface area is 183 Å². The molecular weight excluding hydrogens is 475 g/mol. The molecule has 1 atom stereocenters. The first kappa shape index (κ1) is 22.4. The van der Waals surface area contributed by atoms with Crippen LogP contribution in [0.2, 0.25) is 0 Å². The highest BCUT2D eigenvalue weighted by Crippen LogP contribution is 2.32. The number of rotatable bonds is 3. The van der Waals surface area contributed by atoms with Gasteiger partial charge in [0.2, 0.25) is 6.79 Å². The maximum Gasteiger partial charge on any atom is 0.407 e. The normalized spacial score (nSPS) is 18.5. The van der Waals surface area contributed by atoms with Crippen LogP contribution < -0.4 is 20.1 Å². The lowest BCUT2D eigenvalue weighted by Crippen LogP contribution is -2.44. The minimum Gasteiger partial charge on any atom is -0.454 e. The van der Waals surface area contributed by atoms with Gasteiger partial charge < -0.3 is 29.7 Å². The molecule has 1 unspecified atom stereocenters. The predicted molar refractivity (Wildman–Crippen MR) is 118 cm³/mol. The number of carbonyl (C=O) groups is 1. The topological polar surface area (TPSA) is 84.4 Å². The summed E-state index contributed by atoms with van der Waals surface area (Å²) in [5.41, 5.74) is 0.591. The molecule has 8 nitrogen and oxygen atoms in total. The van der Waals surface area contributed by atoms with E-state index < -0.39 is 5.60 Å². The van der Waals surface area contributed by atoms with E-state index in [9.17, 15) is 4.79 Å². The van der Waals surface area contributed by atoms with E-state index in [1.54, 1.807) is 7.05 Å². The molecule has 0 radical (unpaired) electrons. The molecule has 0 aromatic heterocycles. The molecule has 28 heavy (non-hydrogen) atoms. The van der Waals surface area contributed by atoms with Gasteiger partial charge in [0.1, 0.15) is 5.60 Å². The molecular formula is C19H29IN4O4. The molecule has 0 saturated carbocycles. The number of fused-ring (bicyclic) bond motifs is 1. The number of guanidine groups is 1. The number of halogens is 1. The second-order valence-corrected chi connectivity index (χ2v) is 7.67. The number of amides is 1. The summed E-state index contributed by atoms with van der Waals surface area (Å²) in [5, 5.41) is 6.30. The molecule has 1 fully saturated rings. The lowest BCUT2D eigenvalue weighted by atomic mass is 10.2. The van der Waals surface area contributed by atoms with Gasteiger partial charge in [-0.15, -0.1) is 24.0 Å². The van der Waals surface area contributed by atoms with Crippen molar-refractivity contribution in [1.29, 1.82) is 0 Å². The van der Waals surface area contributed by atoms with Gasteiger partial charge in [0.05, 0.1) is 6.04 Å². The van der Waals surface area contributed by atoms with E-state index in [1.807, 2.05) is 39.0 Å². The summed E-state index contributed by atoms with van der Waals surface area (Å²) >= 11 is 0. The van der Waals surface area contributed by atoms with E-state index in [4.69, 9.17) is 14.2 Å². The fourth-order valence-electron chi connectivity index (χ4n) is 3.11. The molecule has 0 aliphatic carbocycles. The number of nitrogens with zero attached hydrogens (tertiary/aromatic N) is 2. The number of alkyl carbamates (subject to hydrolysis) is 1. The number of carbonyl (C=O) groups excluding carboxylic acids is 1. The van der Waals surface area contributed by atoms with Gasteiger partial charge in [-0.2, -0.15) is 0 Å². The van der Waals surface area contributed by atoms with Crippen LogP contribution in [0.1, 0.15) is 32.8 Å². The first-order valence-corrected chi connectivity index (χ1v) is 9.18. The van der Waals surface area contributed by atoms with Gasteiger partial charge in [0, 0.05) is 26.7 Å². The summed E-state index contributed by atoms with van der Waals surface area (Å²) in [6.45, 7) is 7.99. The summed E-state index contributed by atoms with van der Waals surface area (Å²) in [6.07, 6.45) is 0.474. The zero-order valence-electron chi connectivity index (χ0n) is 16.8. The molecule has 0 spiro atoms. The van der Waals surface area contributed by atoms with Crippen molar-refractivity contribution in [3.8, 4) is 11.5 Å². The summed E-state index contributed by atoms with van der Waals surface area (Å²) in [6, 6.07) is 5.94. The van der Waals surface area contributed by atoms with Crippen LogP contribution in [0.5, 0.6) is 11.5 Å². The second-order valence-electron chi connectivity index (χ2n) is 7.67. The maximum atomic E-state index is 11.9. The number of hydrogen-bond acceptors (Lipinski definition) is 5. The van der Waals surface area contributed by atoms with Crippen molar-refractivity contribution in [3.63, 3.8) is 0 Å². The van der Waals surface area contributed by atoms with Gasteiger partial charge >= 0.3 is 6.09 Å². The monoisotopic (exact) mass is 504 g/mol. The fraction of sp³-hybridized carbons (Fsp3) is 0.579. The number of nitrogens with one attached hydrogen (secondary N) is 2. The van der Waals surface area contributed by atoms with E-state index in [1.165, 1.54) is 0 Å². The van der Waals surface area contributed by atoms with Gasteiger partial charge in [0.25, 0.3) is 0 Å². The highest BCUT2D eigenvalue weighted by atomic mass is 127. The number of aliphatic imine (C=N–C) groups is 1. The number of ether oxygens (including phenoxy) is 3. The first-order valence-electron chi connectivity index (χ1n) is 9.18. The van der Waals surface area contributed by atoms with Crippen LogP contribution in [-0.4, -0.2) is 55.5 Å². The molecule has 3 rings (SSSR count). The first-order chi connectivity index (χ1) is 12.8. The Kier molecular flexibility index (Phi) is 7.62. The Morgan fingerprint density at radius 3 is 2.79 bits per heavy atom. The third-order valence-electron chi connectivity index (χ3n) is 4.31. The number of benzene rings is 1. The van der Waals surface area contributed by atoms with Crippen LogP contribution in [-0.2, 0) is 11.3 Å².